The zero-order valence-electron chi connectivity index (χ0n) is 14.7. The molecule has 2 aromatic carbocycles. The number of halogens is 2. The molecule has 0 spiro atoms. The van der Waals surface area contributed by atoms with Crippen molar-refractivity contribution in [3.8, 4) is 11.1 Å². The fourth-order valence-electron chi connectivity index (χ4n) is 4.09. The Balaban J connectivity index is 1.86. The van der Waals surface area contributed by atoms with Crippen molar-refractivity contribution in [3.63, 3.8) is 0 Å². The second kappa shape index (κ2) is 7.88. The van der Waals surface area contributed by atoms with Crippen LogP contribution >= 0.6 is 31.9 Å². The molecule has 0 saturated carbocycles. The Morgan fingerprint density at radius 2 is 1.25 bits per heavy atom. The quantitative estimate of drug-likeness (QED) is 0.313. The third kappa shape index (κ3) is 3.59. The summed E-state index contributed by atoms with van der Waals surface area (Å²) in [5.41, 5.74) is 2.95. The molecular weight excluding hydrogens is 440 g/mol. The molecule has 0 saturated heterocycles. The zero-order valence-corrected chi connectivity index (χ0v) is 18.8. The highest BCUT2D eigenvalue weighted by molar-refractivity contribution is 9.10. The van der Waals surface area contributed by atoms with Crippen molar-refractivity contribution in [3.05, 3.63) is 45.3 Å². The van der Waals surface area contributed by atoms with Gasteiger partial charge in [0.15, 0.2) is 0 Å². The van der Waals surface area contributed by atoms with Crippen LogP contribution in [-0.2, 0) is 0 Å². The van der Waals surface area contributed by atoms with Crippen LogP contribution < -0.4 is 10.4 Å². The molecule has 24 heavy (non-hydrogen) atoms. The molecule has 0 nitrogen and oxygen atoms in total. The molecule has 3 heteroatoms. The van der Waals surface area contributed by atoms with Crippen molar-refractivity contribution < 1.29 is 0 Å². The van der Waals surface area contributed by atoms with Gasteiger partial charge in [0, 0.05) is 8.95 Å². The van der Waals surface area contributed by atoms with Crippen LogP contribution in [0.5, 0.6) is 0 Å². The Bertz CT molecular complexity index is 672. The molecule has 0 aliphatic carbocycles. The fraction of sp³-hybridized carbons (Fsp3) is 0.429. The number of benzene rings is 2. The molecule has 0 N–H and O–H groups in total. The van der Waals surface area contributed by atoms with E-state index >= 15 is 0 Å². The Kier molecular flexibility index (Phi) is 6.05. The Morgan fingerprint density at radius 3 is 1.79 bits per heavy atom. The Morgan fingerprint density at radius 1 is 0.750 bits per heavy atom. The molecule has 128 valence electrons. The Labute approximate surface area is 164 Å². The molecule has 3 rings (SSSR count). The van der Waals surface area contributed by atoms with Gasteiger partial charge >= 0.3 is 0 Å². The highest BCUT2D eigenvalue weighted by atomic mass is 79.9. The lowest BCUT2D eigenvalue weighted by molar-refractivity contribution is 0.623. The average Bonchev–Trinajstić information content (AvgIpc) is 2.80. The van der Waals surface area contributed by atoms with E-state index in [1.54, 1.807) is 10.4 Å². The van der Waals surface area contributed by atoms with Crippen molar-refractivity contribution in [2.24, 2.45) is 0 Å². The number of rotatable bonds is 7. The van der Waals surface area contributed by atoms with Crippen LogP contribution in [0.1, 0.15) is 45.4 Å². The minimum Gasteiger partial charge on any atom is -0.0654 e. The first-order valence-electron chi connectivity index (χ1n) is 9.16. The van der Waals surface area contributed by atoms with Gasteiger partial charge < -0.3 is 0 Å². The molecule has 0 unspecified atom stereocenters. The van der Waals surface area contributed by atoms with Gasteiger partial charge in [-0.05, 0) is 51.8 Å². The van der Waals surface area contributed by atoms with E-state index in [2.05, 4.69) is 81.7 Å². The van der Waals surface area contributed by atoms with Crippen LogP contribution in [0, 0.1) is 0 Å². The van der Waals surface area contributed by atoms with E-state index in [9.17, 15) is 0 Å². The first-order chi connectivity index (χ1) is 11.6. The first kappa shape index (κ1) is 18.4. The largest absolute Gasteiger partial charge is 0.116 e. The van der Waals surface area contributed by atoms with Gasteiger partial charge in [0.25, 0.3) is 0 Å². The van der Waals surface area contributed by atoms with Gasteiger partial charge in [-0.25, -0.2) is 0 Å². The molecular formula is C21H26Br2Si. The Hall–Kier alpha value is -0.383. The molecule has 1 aliphatic heterocycles. The lowest BCUT2D eigenvalue weighted by atomic mass is 10.1. The lowest BCUT2D eigenvalue weighted by Crippen LogP contribution is -2.52. The number of hydrogen-bond acceptors (Lipinski definition) is 0. The third-order valence-electron chi connectivity index (χ3n) is 5.47. The molecule has 0 radical (unpaired) electrons. The van der Waals surface area contributed by atoms with E-state index in [0.29, 0.717) is 0 Å². The van der Waals surface area contributed by atoms with Crippen molar-refractivity contribution in [1.29, 1.82) is 0 Å². The predicted molar refractivity (Wildman–Crippen MR) is 116 cm³/mol. The van der Waals surface area contributed by atoms with Gasteiger partial charge in [-0.1, -0.05) is 96.0 Å². The summed E-state index contributed by atoms with van der Waals surface area (Å²) in [6.07, 6.45) is 8.27. The van der Waals surface area contributed by atoms with Gasteiger partial charge in [-0.3, -0.25) is 0 Å². The lowest BCUT2D eigenvalue weighted by Gasteiger charge is -2.25. The monoisotopic (exact) mass is 464 g/mol. The topological polar surface area (TPSA) is 0 Å². The molecule has 1 heterocycles. The van der Waals surface area contributed by atoms with E-state index < -0.39 is 8.07 Å². The van der Waals surface area contributed by atoms with Crippen LogP contribution in [0.15, 0.2) is 45.3 Å². The van der Waals surface area contributed by atoms with Crippen LogP contribution in [0.3, 0.4) is 0 Å². The standard InChI is InChI=1S/C21H26Br2Si/c1-3-4-5-6-7-8-13-24(2)20-14-16(22)9-11-18(20)19-12-10-17(23)15-21(19)24/h9-12,14-15H,3-8,13H2,1-2H3. The minimum absolute atomic E-state index is 1.22. The summed E-state index contributed by atoms with van der Waals surface area (Å²) in [6.45, 7) is 4.86. The molecule has 0 aromatic heterocycles. The van der Waals surface area contributed by atoms with Crippen LogP contribution in [0.4, 0.5) is 0 Å². The number of unbranched alkanes of at least 4 members (excludes halogenated alkanes) is 5. The maximum absolute atomic E-state index is 3.70. The fourth-order valence-corrected chi connectivity index (χ4v) is 9.59. The van der Waals surface area contributed by atoms with Gasteiger partial charge in [0.05, 0.1) is 0 Å². The van der Waals surface area contributed by atoms with Gasteiger partial charge in [0.1, 0.15) is 8.07 Å². The zero-order chi connectivity index (χ0) is 17.2. The predicted octanol–water partition coefficient (Wildman–Crippen LogP) is 6.75. The number of fused-ring (bicyclic) bond motifs is 3. The summed E-state index contributed by atoms with van der Waals surface area (Å²) in [5.74, 6) is 0. The molecule has 2 aromatic rings. The number of hydrogen-bond donors (Lipinski definition) is 0. The van der Waals surface area contributed by atoms with Gasteiger partial charge in [-0.15, -0.1) is 0 Å². The summed E-state index contributed by atoms with van der Waals surface area (Å²) in [5, 5.41) is 3.25. The average molecular weight is 466 g/mol. The highest BCUT2D eigenvalue weighted by Gasteiger charge is 2.40. The summed E-state index contributed by atoms with van der Waals surface area (Å²) in [7, 11) is -1.62. The third-order valence-corrected chi connectivity index (χ3v) is 11.0. The second-order valence-electron chi connectivity index (χ2n) is 7.23. The molecule has 0 atom stereocenters. The smallest absolute Gasteiger partial charge is 0.0654 e. The first-order valence-corrected chi connectivity index (χ1v) is 13.5. The molecule has 0 amide bonds. The molecule has 0 bridgehead atoms. The van der Waals surface area contributed by atoms with E-state index in [1.165, 1.54) is 64.6 Å². The van der Waals surface area contributed by atoms with E-state index in [-0.39, 0.29) is 0 Å². The highest BCUT2D eigenvalue weighted by Crippen LogP contribution is 2.34. The van der Waals surface area contributed by atoms with E-state index in [1.807, 2.05) is 0 Å². The van der Waals surface area contributed by atoms with Crippen molar-refractivity contribution in [2.75, 3.05) is 0 Å². The van der Waals surface area contributed by atoms with Crippen molar-refractivity contribution in [2.45, 2.75) is 58.0 Å². The summed E-state index contributed by atoms with van der Waals surface area (Å²) < 4.78 is 2.43. The molecule has 1 aliphatic rings. The summed E-state index contributed by atoms with van der Waals surface area (Å²) >= 11 is 7.40. The van der Waals surface area contributed by atoms with Crippen molar-refractivity contribution >= 4 is 50.3 Å². The summed E-state index contributed by atoms with van der Waals surface area (Å²) in [6, 6.07) is 15.2. The van der Waals surface area contributed by atoms with Crippen LogP contribution in [0.2, 0.25) is 12.6 Å². The van der Waals surface area contributed by atoms with Crippen LogP contribution in [0.25, 0.3) is 11.1 Å². The van der Waals surface area contributed by atoms with Gasteiger partial charge in [0.2, 0.25) is 0 Å². The minimum atomic E-state index is -1.62. The maximum Gasteiger partial charge on any atom is 0.116 e. The second-order valence-corrected chi connectivity index (χ2v) is 13.3. The van der Waals surface area contributed by atoms with E-state index in [4.69, 9.17) is 0 Å². The van der Waals surface area contributed by atoms with Gasteiger partial charge in [-0.2, -0.15) is 0 Å². The van der Waals surface area contributed by atoms with Crippen molar-refractivity contribution in [1.82, 2.24) is 0 Å². The van der Waals surface area contributed by atoms with Crippen LogP contribution in [-0.4, -0.2) is 8.07 Å². The summed E-state index contributed by atoms with van der Waals surface area (Å²) in [4.78, 5) is 0. The normalized spacial score (nSPS) is 14.5. The molecule has 0 fully saturated rings. The maximum atomic E-state index is 3.70. The SMILES string of the molecule is CCCCCCCC[Si]1(C)c2cc(Br)ccc2-c2ccc(Br)cc21. The van der Waals surface area contributed by atoms with E-state index in [0.717, 1.165) is 0 Å².